The zero-order valence-corrected chi connectivity index (χ0v) is 17.5. The van der Waals surface area contributed by atoms with Crippen molar-refractivity contribution in [2.24, 2.45) is 0 Å². The van der Waals surface area contributed by atoms with E-state index in [-0.39, 0.29) is 28.7 Å². The number of sulfonamides is 1. The number of anilines is 1. The van der Waals surface area contributed by atoms with E-state index < -0.39 is 16.1 Å². The van der Waals surface area contributed by atoms with Gasteiger partial charge in [-0.25, -0.2) is 13.2 Å². The van der Waals surface area contributed by atoms with Crippen LogP contribution in [0, 0.1) is 6.92 Å². The van der Waals surface area contributed by atoms with Crippen molar-refractivity contribution in [1.29, 1.82) is 0 Å². The molecule has 1 heterocycles. The van der Waals surface area contributed by atoms with Crippen LogP contribution in [0.15, 0.2) is 53.6 Å². The van der Waals surface area contributed by atoms with Gasteiger partial charge in [-0.05, 0) is 42.3 Å². The summed E-state index contributed by atoms with van der Waals surface area (Å²) in [6, 6.07) is 11.5. The lowest BCUT2D eigenvalue weighted by atomic mass is 10.1. The fourth-order valence-electron chi connectivity index (χ4n) is 2.84. The number of nitrogens with zero attached hydrogens (tertiary/aromatic N) is 1. The van der Waals surface area contributed by atoms with E-state index in [1.807, 2.05) is 31.2 Å². The number of halogens is 1. The molecule has 2 amide bonds. The summed E-state index contributed by atoms with van der Waals surface area (Å²) < 4.78 is 32.1. The lowest BCUT2D eigenvalue weighted by Gasteiger charge is -2.26. The molecule has 3 rings (SSSR count). The van der Waals surface area contributed by atoms with Crippen LogP contribution in [0.2, 0.25) is 5.02 Å². The second kappa shape index (κ2) is 9.41. The minimum atomic E-state index is -3.69. The summed E-state index contributed by atoms with van der Waals surface area (Å²) >= 11 is 6.14. The number of hydrogen-bond donors (Lipinski definition) is 2. The van der Waals surface area contributed by atoms with Crippen LogP contribution in [-0.2, 0) is 14.8 Å². The molecule has 2 aromatic carbocycles. The Kier molecular flexibility index (Phi) is 6.92. The van der Waals surface area contributed by atoms with Crippen molar-refractivity contribution in [2.45, 2.75) is 11.8 Å². The number of ether oxygens (including phenoxy) is 1. The Morgan fingerprint density at radius 2 is 1.90 bits per heavy atom. The lowest BCUT2D eigenvalue weighted by molar-refractivity contribution is 0.0730. The highest BCUT2D eigenvalue weighted by Crippen LogP contribution is 2.27. The van der Waals surface area contributed by atoms with Crippen LogP contribution in [0.25, 0.3) is 6.08 Å². The third kappa shape index (κ3) is 5.36. The van der Waals surface area contributed by atoms with Crippen molar-refractivity contribution in [3.8, 4) is 0 Å². The number of aryl methyl sites for hydroxylation is 1. The molecular formula is C20H22ClN3O4S. The van der Waals surface area contributed by atoms with Gasteiger partial charge >= 0.3 is 6.03 Å². The van der Waals surface area contributed by atoms with Crippen molar-refractivity contribution >= 4 is 39.4 Å². The van der Waals surface area contributed by atoms with Crippen molar-refractivity contribution in [3.05, 3.63) is 64.8 Å². The highest BCUT2D eigenvalue weighted by Gasteiger charge is 2.27. The molecule has 0 bridgehead atoms. The van der Waals surface area contributed by atoms with E-state index in [0.29, 0.717) is 13.2 Å². The van der Waals surface area contributed by atoms with Gasteiger partial charge in [-0.15, -0.1) is 0 Å². The predicted molar refractivity (Wildman–Crippen MR) is 113 cm³/mol. The van der Waals surface area contributed by atoms with Gasteiger partial charge in [0, 0.05) is 19.3 Å². The summed E-state index contributed by atoms with van der Waals surface area (Å²) in [6.45, 7) is 3.26. The van der Waals surface area contributed by atoms with E-state index in [1.54, 1.807) is 6.08 Å². The zero-order chi connectivity index (χ0) is 20.9. The molecule has 0 saturated carbocycles. The van der Waals surface area contributed by atoms with E-state index in [2.05, 4.69) is 10.6 Å². The van der Waals surface area contributed by atoms with Crippen LogP contribution in [0.5, 0.6) is 0 Å². The molecule has 0 aromatic heterocycles. The third-order valence-electron chi connectivity index (χ3n) is 4.46. The van der Waals surface area contributed by atoms with Gasteiger partial charge in [0.25, 0.3) is 0 Å². The molecular weight excluding hydrogens is 414 g/mol. The number of amides is 2. The summed E-state index contributed by atoms with van der Waals surface area (Å²) in [5, 5.41) is 5.42. The monoisotopic (exact) mass is 435 g/mol. The van der Waals surface area contributed by atoms with Crippen LogP contribution in [-0.4, -0.2) is 45.1 Å². The van der Waals surface area contributed by atoms with E-state index in [0.717, 1.165) is 11.1 Å². The number of morpholine rings is 1. The van der Waals surface area contributed by atoms with Gasteiger partial charge in [-0.1, -0.05) is 35.9 Å². The molecule has 0 aliphatic carbocycles. The maximum atomic E-state index is 12.8. The van der Waals surface area contributed by atoms with Gasteiger partial charge < -0.3 is 15.4 Å². The average molecular weight is 436 g/mol. The molecule has 1 saturated heterocycles. The number of urea groups is 1. The summed E-state index contributed by atoms with van der Waals surface area (Å²) in [4.78, 5) is 12.3. The highest BCUT2D eigenvalue weighted by atomic mass is 35.5. The first-order chi connectivity index (χ1) is 13.9. The van der Waals surface area contributed by atoms with Crippen LogP contribution >= 0.6 is 11.6 Å². The molecule has 2 N–H and O–H groups in total. The molecule has 7 nitrogen and oxygen atoms in total. The molecule has 1 aliphatic heterocycles. The maximum absolute atomic E-state index is 12.8. The topological polar surface area (TPSA) is 87.7 Å². The van der Waals surface area contributed by atoms with Crippen molar-refractivity contribution in [3.63, 3.8) is 0 Å². The van der Waals surface area contributed by atoms with Gasteiger partial charge in [-0.3, -0.25) is 0 Å². The number of carbonyl (C=O) groups is 1. The first-order valence-electron chi connectivity index (χ1n) is 9.05. The minimum absolute atomic E-state index is 0.0644. The Hall–Kier alpha value is -2.39. The quantitative estimate of drug-likeness (QED) is 0.752. The fraction of sp³-hybridized carbons (Fsp3) is 0.250. The predicted octanol–water partition coefficient (Wildman–Crippen LogP) is 3.46. The molecule has 1 fully saturated rings. The highest BCUT2D eigenvalue weighted by molar-refractivity contribution is 7.89. The SMILES string of the molecule is Cc1ccccc1/C=C/NC(=O)Nc1cc(S(=O)(=O)N2CCOCC2)ccc1Cl. The Bertz CT molecular complexity index is 1020. The molecule has 0 unspecified atom stereocenters. The van der Waals surface area contributed by atoms with Gasteiger partial charge in [0.05, 0.1) is 28.8 Å². The Morgan fingerprint density at radius 1 is 1.17 bits per heavy atom. The zero-order valence-electron chi connectivity index (χ0n) is 15.9. The second-order valence-corrected chi connectivity index (χ2v) is 8.79. The van der Waals surface area contributed by atoms with Crippen LogP contribution in [0.1, 0.15) is 11.1 Å². The first-order valence-corrected chi connectivity index (χ1v) is 10.9. The van der Waals surface area contributed by atoms with Crippen molar-refractivity contribution < 1.29 is 17.9 Å². The van der Waals surface area contributed by atoms with Crippen LogP contribution in [0.3, 0.4) is 0 Å². The molecule has 29 heavy (non-hydrogen) atoms. The Labute approximate surface area is 175 Å². The van der Waals surface area contributed by atoms with E-state index in [4.69, 9.17) is 16.3 Å². The largest absolute Gasteiger partial charge is 0.379 e. The fourth-order valence-corrected chi connectivity index (χ4v) is 4.44. The molecule has 0 spiro atoms. The third-order valence-corrected chi connectivity index (χ3v) is 6.68. The summed E-state index contributed by atoms with van der Waals surface area (Å²) in [6.07, 6.45) is 3.29. The van der Waals surface area contributed by atoms with E-state index in [9.17, 15) is 13.2 Å². The Morgan fingerprint density at radius 3 is 2.62 bits per heavy atom. The standard InChI is InChI=1S/C20H22ClN3O4S/c1-15-4-2-3-5-16(15)8-9-22-20(25)23-19-14-17(6-7-18(19)21)29(26,27)24-10-12-28-13-11-24/h2-9,14H,10-13H2,1H3,(H2,22,23,25)/b9-8+. The Balaban J connectivity index is 1.70. The number of carbonyl (C=O) groups excluding carboxylic acids is 1. The minimum Gasteiger partial charge on any atom is -0.379 e. The van der Waals surface area contributed by atoms with Gasteiger partial charge in [0.2, 0.25) is 10.0 Å². The second-order valence-electron chi connectivity index (χ2n) is 6.45. The summed E-state index contributed by atoms with van der Waals surface area (Å²) in [5.74, 6) is 0. The lowest BCUT2D eigenvalue weighted by Crippen LogP contribution is -2.40. The smallest absolute Gasteiger partial charge is 0.323 e. The molecule has 0 radical (unpaired) electrons. The summed E-state index contributed by atoms with van der Waals surface area (Å²) in [5.41, 5.74) is 2.27. The van der Waals surface area contributed by atoms with Crippen LogP contribution in [0.4, 0.5) is 10.5 Å². The maximum Gasteiger partial charge on any atom is 0.323 e. The summed E-state index contributed by atoms with van der Waals surface area (Å²) in [7, 11) is -3.69. The molecule has 154 valence electrons. The molecule has 9 heteroatoms. The normalized spacial score (nSPS) is 15.4. The molecule has 0 atom stereocenters. The number of nitrogens with one attached hydrogen (secondary N) is 2. The van der Waals surface area contributed by atoms with Crippen LogP contribution < -0.4 is 10.6 Å². The van der Waals surface area contributed by atoms with E-state index in [1.165, 1.54) is 28.7 Å². The van der Waals surface area contributed by atoms with Crippen molar-refractivity contribution in [2.75, 3.05) is 31.6 Å². The van der Waals surface area contributed by atoms with Gasteiger partial charge in [0.15, 0.2) is 0 Å². The van der Waals surface area contributed by atoms with Crippen molar-refractivity contribution in [1.82, 2.24) is 9.62 Å². The van der Waals surface area contributed by atoms with Gasteiger partial charge in [0.1, 0.15) is 0 Å². The molecule has 2 aromatic rings. The number of hydrogen-bond acceptors (Lipinski definition) is 4. The number of benzene rings is 2. The number of rotatable bonds is 5. The first kappa shape index (κ1) is 21.3. The average Bonchev–Trinajstić information content (AvgIpc) is 2.71. The molecule has 1 aliphatic rings. The van der Waals surface area contributed by atoms with E-state index >= 15 is 0 Å². The van der Waals surface area contributed by atoms with Gasteiger partial charge in [-0.2, -0.15) is 4.31 Å².